The van der Waals surface area contributed by atoms with Crippen molar-refractivity contribution >= 4 is 28.9 Å². The number of nitrogens with one attached hydrogen (secondary N) is 1. The van der Waals surface area contributed by atoms with Crippen LogP contribution in [0.25, 0.3) is 0 Å². The molecule has 0 bridgehead atoms. The highest BCUT2D eigenvalue weighted by molar-refractivity contribution is 6.34. The smallest absolute Gasteiger partial charge is 0.287 e. The monoisotopic (exact) mass is 374 g/mol. The van der Waals surface area contributed by atoms with Gasteiger partial charge in [0.2, 0.25) is 0 Å². The second-order valence-corrected chi connectivity index (χ2v) is 6.94. The molecule has 1 aliphatic carbocycles. The Balaban J connectivity index is 1.80. The maximum absolute atomic E-state index is 12.9. The number of hydrogen-bond donors (Lipinski definition) is 2. The van der Waals surface area contributed by atoms with E-state index in [4.69, 9.17) is 11.6 Å². The number of anilines is 1. The Labute approximate surface area is 156 Å². The van der Waals surface area contributed by atoms with E-state index in [2.05, 4.69) is 10.6 Å². The molecule has 1 fully saturated rings. The first kappa shape index (κ1) is 18.4. The van der Waals surface area contributed by atoms with Gasteiger partial charge in [-0.15, -0.1) is 0 Å². The molecule has 0 radical (unpaired) electrons. The van der Waals surface area contributed by atoms with E-state index < -0.39 is 4.92 Å². The topological polar surface area (TPSA) is 88.8 Å². The number of carbonyl (C=O) groups excluding carboxylic acids is 1. The molecule has 1 atom stereocenters. The van der Waals surface area contributed by atoms with Crippen molar-refractivity contribution in [3.8, 4) is 0 Å². The third-order valence-corrected chi connectivity index (χ3v) is 5.04. The number of halogens is 1. The van der Waals surface area contributed by atoms with Crippen molar-refractivity contribution < 1.29 is 15.0 Å². The number of amides is 1. The average Bonchev–Trinajstić information content (AvgIpc) is 3.15. The van der Waals surface area contributed by atoms with Gasteiger partial charge >= 0.3 is 0 Å². The van der Waals surface area contributed by atoms with Crippen LogP contribution in [-0.4, -0.2) is 16.9 Å². The van der Waals surface area contributed by atoms with Crippen LogP contribution >= 0.6 is 11.6 Å². The Morgan fingerprint density at radius 3 is 2.50 bits per heavy atom. The molecule has 0 spiro atoms. The minimum Gasteiger partial charge on any atom is -0.330 e. The summed E-state index contributed by atoms with van der Waals surface area (Å²) in [5.41, 5.74) is 1.20. The van der Waals surface area contributed by atoms with Gasteiger partial charge in [0.25, 0.3) is 11.6 Å². The number of hydrogen-bond acceptors (Lipinski definition) is 3. The number of carbonyl (C=O) groups is 1. The van der Waals surface area contributed by atoms with Crippen molar-refractivity contribution in [3.63, 3.8) is 0 Å². The molecule has 1 amide bonds. The standard InChI is InChI=1S/C19H20ClN3O3/c20-16-12-15(23(25)26)10-11-17(16)22-19(24)18(13-6-2-1-3-7-13)21-14-8-4-5-9-14/h1-3,6-7,10-12,14,18,21H,4-5,8-9H2,(H,22,24)/p+1/t18-/m1/s1. The maximum atomic E-state index is 12.9. The van der Waals surface area contributed by atoms with Crippen LogP contribution in [0.3, 0.4) is 0 Å². The van der Waals surface area contributed by atoms with Crippen LogP contribution in [0.5, 0.6) is 0 Å². The Morgan fingerprint density at radius 2 is 1.88 bits per heavy atom. The van der Waals surface area contributed by atoms with Crippen molar-refractivity contribution in [2.75, 3.05) is 5.32 Å². The van der Waals surface area contributed by atoms with Gasteiger partial charge < -0.3 is 10.6 Å². The molecule has 3 rings (SSSR count). The summed E-state index contributed by atoms with van der Waals surface area (Å²) in [7, 11) is 0. The molecule has 0 aromatic heterocycles. The summed E-state index contributed by atoms with van der Waals surface area (Å²) >= 11 is 6.11. The van der Waals surface area contributed by atoms with Gasteiger partial charge in [-0.05, 0) is 31.7 Å². The maximum Gasteiger partial charge on any atom is 0.287 e. The van der Waals surface area contributed by atoms with Crippen LogP contribution in [0.1, 0.15) is 37.3 Å². The number of nitro benzene ring substituents is 1. The van der Waals surface area contributed by atoms with Gasteiger partial charge in [-0.1, -0.05) is 41.9 Å². The second kappa shape index (κ2) is 8.29. The average molecular weight is 375 g/mol. The molecular weight excluding hydrogens is 354 g/mol. The molecule has 2 aromatic rings. The third-order valence-electron chi connectivity index (χ3n) is 4.73. The number of nitro groups is 1. The fourth-order valence-corrected chi connectivity index (χ4v) is 3.58. The Morgan fingerprint density at radius 1 is 1.19 bits per heavy atom. The van der Waals surface area contributed by atoms with E-state index in [1.54, 1.807) is 0 Å². The molecule has 1 aliphatic rings. The van der Waals surface area contributed by atoms with Gasteiger partial charge in [0.1, 0.15) is 0 Å². The van der Waals surface area contributed by atoms with Crippen molar-refractivity contribution in [1.82, 2.24) is 0 Å². The van der Waals surface area contributed by atoms with E-state index in [9.17, 15) is 14.9 Å². The van der Waals surface area contributed by atoms with Gasteiger partial charge in [-0.2, -0.15) is 0 Å². The van der Waals surface area contributed by atoms with Crippen molar-refractivity contribution in [2.24, 2.45) is 0 Å². The van der Waals surface area contributed by atoms with Crippen LogP contribution in [0, 0.1) is 10.1 Å². The van der Waals surface area contributed by atoms with Crippen LogP contribution in [0.2, 0.25) is 5.02 Å². The fraction of sp³-hybridized carbons (Fsp3) is 0.316. The predicted molar refractivity (Wildman–Crippen MR) is 100 cm³/mol. The highest BCUT2D eigenvalue weighted by atomic mass is 35.5. The van der Waals surface area contributed by atoms with E-state index in [-0.39, 0.29) is 22.7 Å². The highest BCUT2D eigenvalue weighted by Crippen LogP contribution is 2.27. The minimum absolute atomic E-state index is 0.106. The molecule has 0 saturated heterocycles. The number of nitrogens with two attached hydrogens (primary N) is 1. The molecule has 6 nitrogen and oxygen atoms in total. The third kappa shape index (κ3) is 4.39. The normalized spacial score (nSPS) is 15.6. The minimum atomic E-state index is -0.516. The first-order chi connectivity index (χ1) is 12.5. The number of nitrogens with zero attached hydrogens (tertiary/aromatic N) is 1. The molecule has 1 saturated carbocycles. The summed E-state index contributed by atoms with van der Waals surface area (Å²) in [6.45, 7) is 0. The van der Waals surface area contributed by atoms with E-state index in [0.717, 1.165) is 18.4 Å². The number of non-ortho nitro benzene ring substituents is 1. The molecule has 26 heavy (non-hydrogen) atoms. The number of benzene rings is 2. The quantitative estimate of drug-likeness (QED) is 0.599. The van der Waals surface area contributed by atoms with Crippen molar-refractivity contribution in [3.05, 3.63) is 69.2 Å². The highest BCUT2D eigenvalue weighted by Gasteiger charge is 2.30. The van der Waals surface area contributed by atoms with Crippen LogP contribution < -0.4 is 10.6 Å². The van der Waals surface area contributed by atoms with Gasteiger partial charge in [-0.3, -0.25) is 14.9 Å². The predicted octanol–water partition coefficient (Wildman–Crippen LogP) is 3.43. The summed E-state index contributed by atoms with van der Waals surface area (Å²) in [5, 5.41) is 15.9. The summed E-state index contributed by atoms with van der Waals surface area (Å²) in [5.74, 6) is -0.182. The first-order valence-electron chi connectivity index (χ1n) is 8.69. The molecule has 136 valence electrons. The van der Waals surface area contributed by atoms with Gasteiger partial charge in [0, 0.05) is 17.7 Å². The lowest BCUT2D eigenvalue weighted by Gasteiger charge is -2.20. The Bertz CT molecular complexity index is 792. The molecule has 2 aromatic carbocycles. The van der Waals surface area contributed by atoms with E-state index >= 15 is 0 Å². The Hall–Kier alpha value is -2.44. The van der Waals surface area contributed by atoms with Gasteiger partial charge in [0.05, 0.1) is 21.7 Å². The molecule has 0 unspecified atom stereocenters. The van der Waals surface area contributed by atoms with Crippen LogP contribution in [0.4, 0.5) is 11.4 Å². The largest absolute Gasteiger partial charge is 0.330 e. The molecule has 3 N–H and O–H groups in total. The summed E-state index contributed by atoms with van der Waals surface area (Å²) in [6.07, 6.45) is 4.60. The zero-order valence-corrected chi connectivity index (χ0v) is 15.0. The fourth-order valence-electron chi connectivity index (χ4n) is 3.36. The van der Waals surface area contributed by atoms with Gasteiger partial charge in [-0.25, -0.2) is 0 Å². The second-order valence-electron chi connectivity index (χ2n) is 6.54. The van der Waals surface area contributed by atoms with Crippen LogP contribution in [-0.2, 0) is 4.79 Å². The summed E-state index contributed by atoms with van der Waals surface area (Å²) in [4.78, 5) is 23.2. The SMILES string of the molecule is O=C(Nc1ccc([N+](=O)[O-])cc1Cl)[C@H]([NH2+]C1CCCC1)c1ccccc1. The number of rotatable bonds is 6. The van der Waals surface area contributed by atoms with E-state index in [0.29, 0.717) is 11.7 Å². The molecule has 7 heteroatoms. The zero-order valence-electron chi connectivity index (χ0n) is 14.2. The molecule has 0 aliphatic heterocycles. The van der Waals surface area contributed by atoms with Gasteiger partial charge in [0.15, 0.2) is 6.04 Å². The Kier molecular flexibility index (Phi) is 5.85. The summed E-state index contributed by atoms with van der Waals surface area (Å²) < 4.78 is 0. The van der Waals surface area contributed by atoms with Crippen molar-refractivity contribution in [2.45, 2.75) is 37.8 Å². The molecule has 0 heterocycles. The summed E-state index contributed by atoms with van der Waals surface area (Å²) in [6, 6.07) is 13.7. The lowest BCUT2D eigenvalue weighted by Crippen LogP contribution is -2.92. The zero-order chi connectivity index (χ0) is 18.5. The van der Waals surface area contributed by atoms with E-state index in [1.807, 2.05) is 30.3 Å². The number of quaternary nitrogens is 1. The first-order valence-corrected chi connectivity index (χ1v) is 9.07. The lowest BCUT2D eigenvalue weighted by atomic mass is 10.0. The van der Waals surface area contributed by atoms with Crippen molar-refractivity contribution in [1.29, 1.82) is 0 Å². The van der Waals surface area contributed by atoms with E-state index in [1.165, 1.54) is 31.0 Å². The molecular formula is C19H21ClN3O3+. The van der Waals surface area contributed by atoms with Crippen LogP contribution in [0.15, 0.2) is 48.5 Å². The lowest BCUT2D eigenvalue weighted by molar-refractivity contribution is -0.714.